The number of aliphatic carboxylic acids is 1. The number of rotatable bonds is 6. The Bertz CT molecular complexity index is 659. The van der Waals surface area contributed by atoms with Crippen LogP contribution in [0, 0.1) is 6.92 Å². The monoisotopic (exact) mass is 315 g/mol. The third-order valence-electron chi connectivity index (χ3n) is 3.07. The van der Waals surface area contributed by atoms with Gasteiger partial charge in [-0.1, -0.05) is 30.3 Å². The first-order valence-electron chi connectivity index (χ1n) is 7.04. The fourth-order valence-corrected chi connectivity index (χ4v) is 1.85. The number of nitrogens with zero attached hydrogens (tertiary/aromatic N) is 2. The van der Waals surface area contributed by atoms with Gasteiger partial charge < -0.3 is 15.2 Å². The van der Waals surface area contributed by atoms with Gasteiger partial charge in [-0.15, -0.1) is 0 Å². The molecule has 120 valence electrons. The molecule has 0 bridgehead atoms. The van der Waals surface area contributed by atoms with Crippen LogP contribution in [0.25, 0.3) is 0 Å². The lowest BCUT2D eigenvalue weighted by molar-refractivity contribution is -0.139. The molecule has 7 nitrogen and oxygen atoms in total. The van der Waals surface area contributed by atoms with Crippen LogP contribution in [0.4, 0.5) is 4.79 Å². The summed E-state index contributed by atoms with van der Waals surface area (Å²) in [6.45, 7) is 1.86. The highest BCUT2D eigenvalue weighted by Gasteiger charge is 2.22. The van der Waals surface area contributed by atoms with Crippen LogP contribution in [0.3, 0.4) is 0 Å². The largest absolute Gasteiger partial charge is 0.480 e. The van der Waals surface area contributed by atoms with Crippen LogP contribution < -0.4 is 5.32 Å². The van der Waals surface area contributed by atoms with E-state index >= 15 is 0 Å². The van der Waals surface area contributed by atoms with Crippen molar-refractivity contribution >= 4 is 12.1 Å². The Kier molecular flexibility index (Phi) is 5.62. The van der Waals surface area contributed by atoms with Gasteiger partial charge in [-0.3, -0.25) is 0 Å². The normalized spacial score (nSPS) is 11.5. The minimum atomic E-state index is -1.16. The predicted molar refractivity (Wildman–Crippen MR) is 81.7 cm³/mol. The van der Waals surface area contributed by atoms with Crippen molar-refractivity contribution in [1.82, 2.24) is 15.5 Å². The lowest BCUT2D eigenvalue weighted by atomic mass is 10.1. The number of hydrogen-bond acceptors (Lipinski definition) is 5. The average Bonchev–Trinajstić information content (AvgIpc) is 2.55. The number of alkyl carbamates (subject to hydrolysis) is 1. The van der Waals surface area contributed by atoms with Gasteiger partial charge >= 0.3 is 12.1 Å². The van der Waals surface area contributed by atoms with Crippen molar-refractivity contribution < 1.29 is 19.4 Å². The smallest absolute Gasteiger partial charge is 0.408 e. The summed E-state index contributed by atoms with van der Waals surface area (Å²) in [4.78, 5) is 23.0. The topological polar surface area (TPSA) is 101 Å². The number of carbonyl (C=O) groups excluding carboxylic acids is 1. The first-order valence-corrected chi connectivity index (χ1v) is 7.04. The van der Waals surface area contributed by atoms with E-state index in [0.29, 0.717) is 5.69 Å². The van der Waals surface area contributed by atoms with Gasteiger partial charge in [-0.2, -0.15) is 10.2 Å². The summed E-state index contributed by atoms with van der Waals surface area (Å²) in [5.41, 5.74) is 2.03. The zero-order valence-corrected chi connectivity index (χ0v) is 12.6. The van der Waals surface area contributed by atoms with Crippen molar-refractivity contribution in [3.8, 4) is 0 Å². The number of aromatic nitrogens is 2. The second kappa shape index (κ2) is 7.88. The van der Waals surface area contributed by atoms with E-state index < -0.39 is 18.1 Å². The van der Waals surface area contributed by atoms with Crippen LogP contribution in [0.2, 0.25) is 0 Å². The summed E-state index contributed by atoms with van der Waals surface area (Å²) >= 11 is 0. The van der Waals surface area contributed by atoms with E-state index in [9.17, 15) is 14.7 Å². The van der Waals surface area contributed by atoms with Crippen LogP contribution >= 0.6 is 0 Å². The molecule has 1 amide bonds. The molecule has 2 N–H and O–H groups in total. The number of carbonyl (C=O) groups is 2. The number of ether oxygens (including phenoxy) is 1. The molecule has 2 rings (SSSR count). The zero-order valence-electron chi connectivity index (χ0n) is 12.6. The second-order valence-electron chi connectivity index (χ2n) is 4.97. The molecule has 1 aromatic carbocycles. The van der Waals surface area contributed by atoms with Crippen LogP contribution in [-0.2, 0) is 22.6 Å². The quantitative estimate of drug-likeness (QED) is 0.841. The van der Waals surface area contributed by atoms with Crippen molar-refractivity contribution in [2.45, 2.75) is 26.0 Å². The maximum atomic E-state index is 11.7. The number of benzene rings is 1. The van der Waals surface area contributed by atoms with E-state index in [-0.39, 0.29) is 13.0 Å². The average molecular weight is 315 g/mol. The summed E-state index contributed by atoms with van der Waals surface area (Å²) < 4.78 is 5.02. The lowest BCUT2D eigenvalue weighted by Crippen LogP contribution is -2.42. The minimum Gasteiger partial charge on any atom is -0.480 e. The van der Waals surface area contributed by atoms with E-state index in [1.807, 2.05) is 30.3 Å². The van der Waals surface area contributed by atoms with Crippen molar-refractivity contribution in [2.75, 3.05) is 0 Å². The first kappa shape index (κ1) is 16.4. The van der Waals surface area contributed by atoms with Gasteiger partial charge in [0.25, 0.3) is 0 Å². The summed E-state index contributed by atoms with van der Waals surface area (Å²) in [6, 6.07) is 11.4. The molecular weight excluding hydrogens is 298 g/mol. The molecule has 0 saturated carbocycles. The Morgan fingerprint density at radius 1 is 1.17 bits per heavy atom. The van der Waals surface area contributed by atoms with E-state index in [0.717, 1.165) is 11.3 Å². The Labute approximate surface area is 133 Å². The molecule has 1 heterocycles. The Morgan fingerprint density at radius 3 is 2.52 bits per heavy atom. The molecule has 7 heteroatoms. The molecule has 2 aromatic rings. The van der Waals surface area contributed by atoms with Crippen molar-refractivity contribution in [2.24, 2.45) is 0 Å². The summed E-state index contributed by atoms with van der Waals surface area (Å²) in [5, 5.41) is 19.3. The van der Waals surface area contributed by atoms with Gasteiger partial charge in [0.05, 0.1) is 11.4 Å². The highest BCUT2D eigenvalue weighted by atomic mass is 16.5. The molecule has 1 unspecified atom stereocenters. The fraction of sp³-hybridized carbons (Fsp3) is 0.250. The highest BCUT2D eigenvalue weighted by Crippen LogP contribution is 2.03. The summed E-state index contributed by atoms with van der Waals surface area (Å²) in [6.07, 6.45) is -0.760. The highest BCUT2D eigenvalue weighted by molar-refractivity contribution is 5.80. The van der Waals surface area contributed by atoms with E-state index in [1.54, 1.807) is 19.1 Å². The van der Waals surface area contributed by atoms with Crippen LogP contribution in [0.1, 0.15) is 17.0 Å². The third-order valence-corrected chi connectivity index (χ3v) is 3.07. The van der Waals surface area contributed by atoms with Crippen molar-refractivity contribution in [1.29, 1.82) is 0 Å². The molecule has 0 fully saturated rings. The van der Waals surface area contributed by atoms with Gasteiger partial charge in [0.2, 0.25) is 0 Å². The van der Waals surface area contributed by atoms with Crippen LogP contribution in [0.15, 0.2) is 42.5 Å². The van der Waals surface area contributed by atoms with E-state index in [1.165, 1.54) is 0 Å². The summed E-state index contributed by atoms with van der Waals surface area (Å²) in [5.74, 6) is -1.16. The molecule has 0 radical (unpaired) electrons. The molecule has 0 aliphatic heterocycles. The molecule has 0 saturated heterocycles. The number of carboxylic acid groups (broad SMARTS) is 1. The molecule has 23 heavy (non-hydrogen) atoms. The van der Waals surface area contributed by atoms with Gasteiger partial charge in [0, 0.05) is 6.42 Å². The number of amides is 1. The number of nitrogens with one attached hydrogen (secondary N) is 1. The molecule has 1 aromatic heterocycles. The zero-order chi connectivity index (χ0) is 16.7. The van der Waals surface area contributed by atoms with Crippen LogP contribution in [0.5, 0.6) is 0 Å². The molecular formula is C16H17N3O4. The van der Waals surface area contributed by atoms with Gasteiger partial charge in [0.1, 0.15) is 12.6 Å². The Hall–Kier alpha value is -2.96. The van der Waals surface area contributed by atoms with Crippen LogP contribution in [-0.4, -0.2) is 33.4 Å². The van der Waals surface area contributed by atoms with Gasteiger partial charge in [0.15, 0.2) is 0 Å². The maximum Gasteiger partial charge on any atom is 0.408 e. The van der Waals surface area contributed by atoms with E-state index in [2.05, 4.69) is 15.5 Å². The molecule has 0 spiro atoms. The first-order chi connectivity index (χ1) is 11.0. The fourth-order valence-electron chi connectivity index (χ4n) is 1.85. The van der Waals surface area contributed by atoms with Crippen molar-refractivity contribution in [3.63, 3.8) is 0 Å². The molecule has 0 aliphatic carbocycles. The number of hydrogen-bond donors (Lipinski definition) is 2. The third kappa shape index (κ3) is 5.39. The molecule has 1 atom stereocenters. The predicted octanol–water partition coefficient (Wildman–Crippen LogP) is 1.71. The standard InChI is InChI=1S/C16H17N3O4/c1-11-7-8-13(19-18-11)9-14(15(20)21)17-16(22)23-10-12-5-3-2-4-6-12/h2-8,14H,9-10H2,1H3,(H,17,22)(H,20,21). The van der Waals surface area contributed by atoms with E-state index in [4.69, 9.17) is 4.74 Å². The number of aryl methyl sites for hydroxylation is 1. The minimum absolute atomic E-state index is 0.0308. The second-order valence-corrected chi connectivity index (χ2v) is 4.97. The summed E-state index contributed by atoms with van der Waals surface area (Å²) in [7, 11) is 0. The van der Waals surface area contributed by atoms with Crippen molar-refractivity contribution in [3.05, 3.63) is 59.4 Å². The Morgan fingerprint density at radius 2 is 1.91 bits per heavy atom. The number of carboxylic acids is 1. The lowest BCUT2D eigenvalue weighted by Gasteiger charge is -2.14. The van der Waals surface area contributed by atoms with Gasteiger partial charge in [-0.05, 0) is 24.6 Å². The SMILES string of the molecule is Cc1ccc(CC(NC(=O)OCc2ccccc2)C(=O)O)nn1. The maximum absolute atomic E-state index is 11.7. The Balaban J connectivity index is 1.89. The molecule has 0 aliphatic rings. The van der Waals surface area contributed by atoms with Gasteiger partial charge in [-0.25, -0.2) is 9.59 Å².